The van der Waals surface area contributed by atoms with E-state index in [0.29, 0.717) is 0 Å². The van der Waals surface area contributed by atoms with Gasteiger partial charge in [0.15, 0.2) is 11.6 Å². The molecule has 0 atom stereocenters. The van der Waals surface area contributed by atoms with E-state index in [1.54, 1.807) is 13.8 Å². The number of benzene rings is 1. The number of carboxylic acid groups (broad SMARTS) is 1. The summed E-state index contributed by atoms with van der Waals surface area (Å²) >= 11 is 2.89. The first-order valence-electron chi connectivity index (χ1n) is 4.31. The normalized spacial score (nSPS) is 10.5. The second-order valence-electron chi connectivity index (χ2n) is 3.21. The summed E-state index contributed by atoms with van der Waals surface area (Å²) in [6, 6.07) is 2.61. The van der Waals surface area contributed by atoms with Gasteiger partial charge in [-0.25, -0.2) is 9.18 Å². The Labute approximate surface area is 95.0 Å². The first kappa shape index (κ1) is 12.0. The summed E-state index contributed by atoms with van der Waals surface area (Å²) in [7, 11) is 0. The van der Waals surface area contributed by atoms with Crippen LogP contribution in [0, 0.1) is 5.82 Å². The minimum Gasteiger partial charge on any atom is -0.488 e. The number of halogens is 2. The molecule has 15 heavy (non-hydrogen) atoms. The molecule has 0 fully saturated rings. The van der Waals surface area contributed by atoms with Crippen LogP contribution in [0.4, 0.5) is 4.39 Å². The van der Waals surface area contributed by atoms with Crippen molar-refractivity contribution in [3.05, 3.63) is 28.0 Å². The Hall–Kier alpha value is -1.10. The SMILES string of the molecule is CC(C)Oc1ccc(C(=O)O)c(Br)c1F. The topological polar surface area (TPSA) is 46.5 Å². The minimum atomic E-state index is -1.18. The van der Waals surface area contributed by atoms with Gasteiger partial charge in [0.2, 0.25) is 0 Å². The number of hydrogen-bond donors (Lipinski definition) is 1. The third kappa shape index (κ3) is 2.68. The second-order valence-corrected chi connectivity index (χ2v) is 4.00. The molecular formula is C10H10BrFO3. The molecule has 0 unspecified atom stereocenters. The lowest BCUT2D eigenvalue weighted by Crippen LogP contribution is -2.08. The summed E-state index contributed by atoms with van der Waals surface area (Å²) in [5.41, 5.74) is -0.122. The van der Waals surface area contributed by atoms with E-state index in [1.165, 1.54) is 12.1 Å². The molecule has 0 amide bonds. The van der Waals surface area contributed by atoms with Gasteiger partial charge in [0, 0.05) is 0 Å². The van der Waals surface area contributed by atoms with E-state index in [9.17, 15) is 9.18 Å². The highest BCUT2D eigenvalue weighted by atomic mass is 79.9. The zero-order chi connectivity index (χ0) is 11.6. The number of ether oxygens (including phenoxy) is 1. The van der Waals surface area contributed by atoms with Crippen LogP contribution in [0.1, 0.15) is 24.2 Å². The van der Waals surface area contributed by atoms with Crippen molar-refractivity contribution in [2.45, 2.75) is 20.0 Å². The van der Waals surface area contributed by atoms with Crippen LogP contribution in [0.5, 0.6) is 5.75 Å². The summed E-state index contributed by atoms with van der Waals surface area (Å²) in [5, 5.41) is 8.73. The minimum absolute atomic E-state index is 0.0434. The number of carbonyl (C=O) groups is 1. The molecule has 1 N–H and O–H groups in total. The molecule has 82 valence electrons. The van der Waals surface area contributed by atoms with Crippen LogP contribution in [-0.2, 0) is 0 Å². The van der Waals surface area contributed by atoms with Crippen LogP contribution in [0.2, 0.25) is 0 Å². The molecular weight excluding hydrogens is 267 g/mol. The van der Waals surface area contributed by atoms with Gasteiger partial charge in [-0.2, -0.15) is 0 Å². The Morgan fingerprint density at radius 2 is 2.13 bits per heavy atom. The Morgan fingerprint density at radius 3 is 2.60 bits per heavy atom. The van der Waals surface area contributed by atoms with Crippen LogP contribution in [0.25, 0.3) is 0 Å². The lowest BCUT2D eigenvalue weighted by atomic mass is 10.2. The molecule has 0 aliphatic heterocycles. The number of carboxylic acids is 1. The standard InChI is InChI=1S/C10H10BrFO3/c1-5(2)15-7-4-3-6(10(13)14)8(11)9(7)12/h3-5H,1-2H3,(H,13,14). The average molecular weight is 277 g/mol. The van der Waals surface area contributed by atoms with Crippen molar-refractivity contribution in [1.29, 1.82) is 0 Å². The highest BCUT2D eigenvalue weighted by molar-refractivity contribution is 9.10. The summed E-state index contributed by atoms with van der Waals surface area (Å²) in [4.78, 5) is 10.7. The smallest absolute Gasteiger partial charge is 0.336 e. The molecule has 0 spiro atoms. The summed E-state index contributed by atoms with van der Waals surface area (Å²) < 4.78 is 18.6. The molecule has 0 saturated heterocycles. The fraction of sp³-hybridized carbons (Fsp3) is 0.300. The van der Waals surface area contributed by atoms with Crippen molar-refractivity contribution in [3.8, 4) is 5.75 Å². The maximum absolute atomic E-state index is 13.5. The molecule has 0 radical (unpaired) electrons. The van der Waals surface area contributed by atoms with Crippen molar-refractivity contribution in [1.82, 2.24) is 0 Å². The first-order chi connectivity index (χ1) is 6.93. The van der Waals surface area contributed by atoms with E-state index < -0.39 is 11.8 Å². The molecule has 0 aliphatic rings. The fourth-order valence-electron chi connectivity index (χ4n) is 1.04. The molecule has 3 nitrogen and oxygen atoms in total. The van der Waals surface area contributed by atoms with Crippen molar-refractivity contribution >= 4 is 21.9 Å². The van der Waals surface area contributed by atoms with E-state index in [-0.39, 0.29) is 21.9 Å². The van der Waals surface area contributed by atoms with Gasteiger partial charge >= 0.3 is 5.97 Å². The van der Waals surface area contributed by atoms with Crippen LogP contribution in [-0.4, -0.2) is 17.2 Å². The predicted octanol–water partition coefficient (Wildman–Crippen LogP) is 3.07. The molecule has 0 saturated carbocycles. The second kappa shape index (κ2) is 4.61. The molecule has 0 bridgehead atoms. The number of hydrogen-bond acceptors (Lipinski definition) is 2. The van der Waals surface area contributed by atoms with Crippen molar-refractivity contribution in [3.63, 3.8) is 0 Å². The molecule has 0 aliphatic carbocycles. The monoisotopic (exact) mass is 276 g/mol. The van der Waals surface area contributed by atoms with Crippen molar-refractivity contribution in [2.24, 2.45) is 0 Å². The average Bonchev–Trinajstić information content (AvgIpc) is 2.12. The maximum Gasteiger partial charge on any atom is 0.336 e. The van der Waals surface area contributed by atoms with Crippen LogP contribution < -0.4 is 4.74 Å². The summed E-state index contributed by atoms with van der Waals surface area (Å²) in [6.07, 6.45) is -0.165. The maximum atomic E-state index is 13.5. The highest BCUT2D eigenvalue weighted by Crippen LogP contribution is 2.29. The van der Waals surface area contributed by atoms with Gasteiger partial charge in [-0.15, -0.1) is 0 Å². The van der Waals surface area contributed by atoms with Gasteiger partial charge in [-0.05, 0) is 41.9 Å². The van der Waals surface area contributed by atoms with Crippen molar-refractivity contribution < 1.29 is 19.0 Å². The first-order valence-corrected chi connectivity index (χ1v) is 5.10. The molecule has 1 aromatic carbocycles. The Balaban J connectivity index is 3.15. The predicted molar refractivity (Wildman–Crippen MR) is 56.8 cm³/mol. The Kier molecular flexibility index (Phi) is 3.68. The van der Waals surface area contributed by atoms with Gasteiger partial charge in [0.05, 0.1) is 16.1 Å². The lowest BCUT2D eigenvalue weighted by molar-refractivity contribution is 0.0695. The van der Waals surface area contributed by atoms with E-state index in [1.807, 2.05) is 0 Å². The Morgan fingerprint density at radius 1 is 1.53 bits per heavy atom. The van der Waals surface area contributed by atoms with Gasteiger partial charge in [-0.3, -0.25) is 0 Å². The summed E-state index contributed by atoms with van der Waals surface area (Å²) in [6.45, 7) is 3.52. The Bertz CT molecular complexity index is 390. The van der Waals surface area contributed by atoms with Gasteiger partial charge in [0.25, 0.3) is 0 Å². The van der Waals surface area contributed by atoms with E-state index in [4.69, 9.17) is 9.84 Å². The molecule has 0 heterocycles. The van der Waals surface area contributed by atoms with E-state index in [0.717, 1.165) is 0 Å². The van der Waals surface area contributed by atoms with Crippen LogP contribution in [0.3, 0.4) is 0 Å². The zero-order valence-electron chi connectivity index (χ0n) is 8.25. The largest absolute Gasteiger partial charge is 0.488 e. The van der Waals surface area contributed by atoms with Gasteiger partial charge in [-0.1, -0.05) is 0 Å². The number of rotatable bonds is 3. The molecule has 5 heteroatoms. The van der Waals surface area contributed by atoms with Gasteiger partial charge < -0.3 is 9.84 Å². The molecule has 0 aromatic heterocycles. The lowest BCUT2D eigenvalue weighted by Gasteiger charge is -2.12. The van der Waals surface area contributed by atoms with Crippen molar-refractivity contribution in [2.75, 3.05) is 0 Å². The van der Waals surface area contributed by atoms with E-state index in [2.05, 4.69) is 15.9 Å². The zero-order valence-corrected chi connectivity index (χ0v) is 9.84. The van der Waals surface area contributed by atoms with Gasteiger partial charge in [0.1, 0.15) is 0 Å². The van der Waals surface area contributed by atoms with Crippen LogP contribution >= 0.6 is 15.9 Å². The number of aromatic carboxylic acids is 1. The van der Waals surface area contributed by atoms with E-state index >= 15 is 0 Å². The quantitative estimate of drug-likeness (QED) is 0.923. The fourth-order valence-corrected chi connectivity index (χ4v) is 1.54. The van der Waals surface area contributed by atoms with Crippen LogP contribution in [0.15, 0.2) is 16.6 Å². The molecule has 1 rings (SSSR count). The highest BCUT2D eigenvalue weighted by Gasteiger charge is 2.17. The molecule has 1 aromatic rings. The third-order valence-electron chi connectivity index (χ3n) is 1.64. The third-order valence-corrected chi connectivity index (χ3v) is 2.42. The summed E-state index contributed by atoms with van der Waals surface area (Å²) in [5.74, 6) is -1.83.